The smallest absolute Gasteiger partial charge is 0.314 e. The fraction of sp³-hybridized carbons (Fsp3) is 0.529. The van der Waals surface area contributed by atoms with E-state index < -0.39 is 5.92 Å². The van der Waals surface area contributed by atoms with Gasteiger partial charge in [-0.3, -0.25) is 9.59 Å². The Balaban J connectivity index is 1.99. The van der Waals surface area contributed by atoms with Gasteiger partial charge in [-0.25, -0.2) is 0 Å². The zero-order valence-corrected chi connectivity index (χ0v) is 13.4. The Morgan fingerprint density at radius 3 is 2.45 bits per heavy atom. The average molecular weight is 304 g/mol. The van der Waals surface area contributed by atoms with Crippen LogP contribution < -0.4 is 10.6 Å². The van der Waals surface area contributed by atoms with Gasteiger partial charge in [-0.05, 0) is 31.5 Å². The molecular formula is C17H24N2O3. The molecule has 2 N–H and O–H groups in total. The van der Waals surface area contributed by atoms with Crippen molar-refractivity contribution in [1.82, 2.24) is 10.6 Å². The first-order valence-corrected chi connectivity index (χ1v) is 7.65. The molecule has 120 valence electrons. The van der Waals surface area contributed by atoms with Gasteiger partial charge in [-0.2, -0.15) is 0 Å². The van der Waals surface area contributed by atoms with Crippen molar-refractivity contribution in [3.8, 4) is 0 Å². The van der Waals surface area contributed by atoms with Crippen LogP contribution in [-0.2, 0) is 14.3 Å². The fourth-order valence-corrected chi connectivity index (χ4v) is 2.52. The van der Waals surface area contributed by atoms with Crippen molar-refractivity contribution in [2.75, 3.05) is 26.7 Å². The highest BCUT2D eigenvalue weighted by molar-refractivity contribution is 5.82. The van der Waals surface area contributed by atoms with E-state index in [9.17, 15) is 9.59 Å². The number of carbonyl (C=O) groups is 2. The van der Waals surface area contributed by atoms with Crippen molar-refractivity contribution in [3.05, 3.63) is 35.4 Å². The number of amides is 1. The maximum Gasteiger partial charge on any atom is 0.314 e. The number of esters is 1. The summed E-state index contributed by atoms with van der Waals surface area (Å²) in [6.07, 6.45) is 0. The second kappa shape index (κ2) is 7.40. The molecule has 2 unspecified atom stereocenters. The van der Waals surface area contributed by atoms with E-state index in [4.69, 9.17) is 4.74 Å². The SMILES string of the molecule is COC(=O)C(CNC(=O)C(C)C1CNC1)c1ccc(C)cc1. The van der Waals surface area contributed by atoms with Crippen LogP contribution in [0, 0.1) is 18.8 Å². The van der Waals surface area contributed by atoms with Gasteiger partial charge < -0.3 is 15.4 Å². The fourth-order valence-electron chi connectivity index (χ4n) is 2.52. The molecule has 2 rings (SSSR count). The maximum atomic E-state index is 12.2. The summed E-state index contributed by atoms with van der Waals surface area (Å²) in [5.74, 6) is -0.468. The van der Waals surface area contributed by atoms with E-state index in [1.54, 1.807) is 0 Å². The predicted octanol–water partition coefficient (Wildman–Crippen LogP) is 1.22. The zero-order valence-electron chi connectivity index (χ0n) is 13.4. The number of benzene rings is 1. The number of nitrogens with one attached hydrogen (secondary N) is 2. The molecule has 0 spiro atoms. The number of hydrogen-bond acceptors (Lipinski definition) is 4. The van der Waals surface area contributed by atoms with Gasteiger partial charge in [0.15, 0.2) is 0 Å². The third-order valence-electron chi connectivity index (χ3n) is 4.38. The first kappa shape index (κ1) is 16.5. The molecule has 0 radical (unpaired) electrons. The summed E-state index contributed by atoms with van der Waals surface area (Å²) >= 11 is 0. The molecule has 5 heteroatoms. The molecule has 1 aliphatic heterocycles. The van der Waals surface area contributed by atoms with Crippen LogP contribution in [0.3, 0.4) is 0 Å². The van der Waals surface area contributed by atoms with Gasteiger partial charge in [-0.1, -0.05) is 36.8 Å². The molecule has 0 aromatic heterocycles. The minimum Gasteiger partial charge on any atom is -0.468 e. The zero-order chi connectivity index (χ0) is 16.1. The molecule has 1 fully saturated rings. The van der Waals surface area contributed by atoms with Crippen molar-refractivity contribution in [3.63, 3.8) is 0 Å². The topological polar surface area (TPSA) is 67.4 Å². The molecule has 2 atom stereocenters. The molecule has 1 saturated heterocycles. The van der Waals surface area contributed by atoms with Crippen LogP contribution in [-0.4, -0.2) is 38.6 Å². The average Bonchev–Trinajstić information content (AvgIpc) is 2.46. The highest BCUT2D eigenvalue weighted by atomic mass is 16.5. The summed E-state index contributed by atoms with van der Waals surface area (Å²) in [5.41, 5.74) is 1.98. The largest absolute Gasteiger partial charge is 0.468 e. The lowest BCUT2D eigenvalue weighted by Crippen LogP contribution is -2.50. The van der Waals surface area contributed by atoms with Crippen LogP contribution in [0.1, 0.15) is 24.0 Å². The summed E-state index contributed by atoms with van der Waals surface area (Å²) in [5, 5.41) is 6.06. The van der Waals surface area contributed by atoms with Crippen LogP contribution in [0.15, 0.2) is 24.3 Å². The molecule has 1 amide bonds. The lowest BCUT2D eigenvalue weighted by atomic mass is 9.88. The summed E-state index contributed by atoms with van der Waals surface area (Å²) < 4.78 is 4.87. The van der Waals surface area contributed by atoms with Gasteiger partial charge in [0.2, 0.25) is 5.91 Å². The number of methoxy groups -OCH3 is 1. The molecule has 1 aromatic rings. The van der Waals surface area contributed by atoms with E-state index in [0.29, 0.717) is 5.92 Å². The number of aryl methyl sites for hydroxylation is 1. The third kappa shape index (κ3) is 3.85. The Hall–Kier alpha value is -1.88. The van der Waals surface area contributed by atoms with Gasteiger partial charge >= 0.3 is 5.97 Å². The Bertz CT molecular complexity index is 523. The molecule has 0 aliphatic carbocycles. The number of carbonyl (C=O) groups excluding carboxylic acids is 2. The molecular weight excluding hydrogens is 280 g/mol. The second-order valence-electron chi connectivity index (χ2n) is 5.94. The van der Waals surface area contributed by atoms with Gasteiger partial charge in [0.25, 0.3) is 0 Å². The lowest BCUT2D eigenvalue weighted by molar-refractivity contribution is -0.142. The standard InChI is InChI=1S/C17H24N2O3/c1-11-4-6-13(7-5-11)15(17(21)22-3)10-19-16(20)12(2)14-8-18-9-14/h4-7,12,14-15,18H,8-10H2,1-3H3,(H,19,20). The Kier molecular flexibility index (Phi) is 5.55. The monoisotopic (exact) mass is 304 g/mol. The normalized spacial score (nSPS) is 17.2. The van der Waals surface area contributed by atoms with Crippen molar-refractivity contribution < 1.29 is 14.3 Å². The number of hydrogen-bond donors (Lipinski definition) is 2. The van der Waals surface area contributed by atoms with E-state index in [2.05, 4.69) is 10.6 Å². The highest BCUT2D eigenvalue weighted by Gasteiger charge is 2.30. The van der Waals surface area contributed by atoms with Crippen LogP contribution in [0.25, 0.3) is 0 Å². The van der Waals surface area contributed by atoms with Gasteiger partial charge in [0.1, 0.15) is 0 Å². The van der Waals surface area contributed by atoms with E-state index in [1.165, 1.54) is 7.11 Å². The van der Waals surface area contributed by atoms with Gasteiger partial charge in [-0.15, -0.1) is 0 Å². The van der Waals surface area contributed by atoms with E-state index in [1.807, 2.05) is 38.1 Å². The predicted molar refractivity (Wildman–Crippen MR) is 84.5 cm³/mol. The summed E-state index contributed by atoms with van der Waals surface area (Å²) in [4.78, 5) is 24.2. The highest BCUT2D eigenvalue weighted by Crippen LogP contribution is 2.19. The van der Waals surface area contributed by atoms with Crippen molar-refractivity contribution >= 4 is 11.9 Å². The first-order chi connectivity index (χ1) is 10.5. The van der Waals surface area contributed by atoms with Crippen LogP contribution in [0.2, 0.25) is 0 Å². The molecule has 0 saturated carbocycles. The molecule has 5 nitrogen and oxygen atoms in total. The minimum atomic E-state index is -0.471. The molecule has 0 bridgehead atoms. The molecule has 1 aliphatic rings. The Morgan fingerprint density at radius 2 is 1.95 bits per heavy atom. The van der Waals surface area contributed by atoms with Crippen molar-refractivity contribution in [2.45, 2.75) is 19.8 Å². The van der Waals surface area contributed by atoms with Gasteiger partial charge in [0, 0.05) is 12.5 Å². The number of ether oxygens (including phenoxy) is 1. The molecule has 1 aromatic carbocycles. The summed E-state index contributed by atoms with van der Waals surface area (Å²) in [7, 11) is 1.37. The Labute approximate surface area is 131 Å². The lowest BCUT2D eigenvalue weighted by Gasteiger charge is -2.32. The summed E-state index contributed by atoms with van der Waals surface area (Å²) in [6, 6.07) is 7.72. The van der Waals surface area contributed by atoms with Crippen molar-refractivity contribution in [1.29, 1.82) is 0 Å². The third-order valence-corrected chi connectivity index (χ3v) is 4.38. The quantitative estimate of drug-likeness (QED) is 0.776. The second-order valence-corrected chi connectivity index (χ2v) is 5.94. The number of rotatable bonds is 6. The maximum absolute atomic E-state index is 12.2. The van der Waals surface area contributed by atoms with E-state index in [0.717, 1.165) is 24.2 Å². The van der Waals surface area contributed by atoms with Crippen LogP contribution in [0.4, 0.5) is 0 Å². The minimum absolute atomic E-state index is 0.00693. The van der Waals surface area contributed by atoms with Crippen LogP contribution in [0.5, 0.6) is 0 Å². The molecule has 1 heterocycles. The van der Waals surface area contributed by atoms with E-state index in [-0.39, 0.29) is 24.3 Å². The first-order valence-electron chi connectivity index (χ1n) is 7.65. The van der Waals surface area contributed by atoms with E-state index >= 15 is 0 Å². The van der Waals surface area contributed by atoms with Crippen LogP contribution >= 0.6 is 0 Å². The van der Waals surface area contributed by atoms with Gasteiger partial charge in [0.05, 0.1) is 13.0 Å². The Morgan fingerprint density at radius 1 is 1.32 bits per heavy atom. The molecule has 22 heavy (non-hydrogen) atoms. The summed E-state index contributed by atoms with van der Waals surface area (Å²) in [6.45, 7) is 5.95. The van der Waals surface area contributed by atoms with Crippen molar-refractivity contribution in [2.24, 2.45) is 11.8 Å².